The van der Waals surface area contributed by atoms with Gasteiger partial charge in [0.2, 0.25) is 0 Å². The molecule has 1 nitrogen and oxygen atoms in total. The van der Waals surface area contributed by atoms with E-state index in [2.05, 4.69) is 62.5 Å². The number of hydrogen-bond acceptors (Lipinski definition) is 1. The quantitative estimate of drug-likeness (QED) is 0.773. The lowest BCUT2D eigenvalue weighted by atomic mass is 10.1. The zero-order valence-electron chi connectivity index (χ0n) is 9.96. The summed E-state index contributed by atoms with van der Waals surface area (Å²) in [7, 11) is 0. The average Bonchev–Trinajstić information content (AvgIpc) is 2.25. The zero-order valence-corrected chi connectivity index (χ0v) is 9.96. The van der Waals surface area contributed by atoms with Gasteiger partial charge in [-0.25, -0.2) is 0 Å². The van der Waals surface area contributed by atoms with Crippen LogP contribution in [-0.2, 0) is 0 Å². The fourth-order valence-corrected chi connectivity index (χ4v) is 1.37. The van der Waals surface area contributed by atoms with Crippen LogP contribution in [0.1, 0.15) is 31.4 Å². The van der Waals surface area contributed by atoms with Crippen LogP contribution in [-0.4, -0.2) is 12.6 Å². The van der Waals surface area contributed by atoms with Gasteiger partial charge in [0.15, 0.2) is 0 Å². The van der Waals surface area contributed by atoms with Gasteiger partial charge in [-0.05, 0) is 32.4 Å². The van der Waals surface area contributed by atoms with Crippen LogP contribution < -0.4 is 5.32 Å². The Kier molecular flexibility index (Phi) is 5.13. The van der Waals surface area contributed by atoms with Crippen molar-refractivity contribution in [3.63, 3.8) is 0 Å². The second-order valence-electron chi connectivity index (χ2n) is 4.01. The predicted molar refractivity (Wildman–Crippen MR) is 68.0 cm³/mol. The molecule has 0 aromatic heterocycles. The van der Waals surface area contributed by atoms with Crippen molar-refractivity contribution < 1.29 is 0 Å². The molecule has 0 aliphatic heterocycles. The molecule has 1 heteroatoms. The highest BCUT2D eigenvalue weighted by atomic mass is 14.9. The Morgan fingerprint density at radius 3 is 2.53 bits per heavy atom. The lowest BCUT2D eigenvalue weighted by Gasteiger charge is -2.07. The molecule has 0 heterocycles. The third kappa shape index (κ3) is 4.80. The number of aryl methyl sites for hydroxylation is 1. The predicted octanol–water partition coefficient (Wildman–Crippen LogP) is 3.40. The van der Waals surface area contributed by atoms with Gasteiger partial charge >= 0.3 is 0 Å². The van der Waals surface area contributed by atoms with E-state index in [1.54, 1.807) is 0 Å². The first-order valence-electron chi connectivity index (χ1n) is 5.70. The van der Waals surface area contributed by atoms with Crippen LogP contribution in [0, 0.1) is 6.92 Å². The molecule has 0 fully saturated rings. The number of nitrogens with one attached hydrogen (secondary N) is 1. The molecule has 15 heavy (non-hydrogen) atoms. The third-order valence-corrected chi connectivity index (χ3v) is 2.37. The highest BCUT2D eigenvalue weighted by Gasteiger charge is 1.93. The summed E-state index contributed by atoms with van der Waals surface area (Å²) >= 11 is 0. The maximum Gasteiger partial charge on any atom is 0.0224 e. The van der Waals surface area contributed by atoms with Gasteiger partial charge in [0.25, 0.3) is 0 Å². The van der Waals surface area contributed by atoms with Gasteiger partial charge in [-0.1, -0.05) is 48.9 Å². The average molecular weight is 203 g/mol. The Bertz CT molecular complexity index is 298. The van der Waals surface area contributed by atoms with Crippen LogP contribution in [0.3, 0.4) is 0 Å². The van der Waals surface area contributed by atoms with Crippen molar-refractivity contribution in [1.82, 2.24) is 5.32 Å². The maximum absolute atomic E-state index is 3.43. The standard InChI is InChI=1S/C14H21N/c1-4-11-15-13(3)7-10-14-8-5-12(2)6-9-14/h5-10,13,15H,4,11H2,1-3H3/b10-7+. The molecule has 0 saturated carbocycles. The summed E-state index contributed by atoms with van der Waals surface area (Å²) in [4.78, 5) is 0. The molecule has 1 aromatic carbocycles. The van der Waals surface area contributed by atoms with Crippen molar-refractivity contribution in [2.75, 3.05) is 6.54 Å². The fraction of sp³-hybridized carbons (Fsp3) is 0.429. The highest BCUT2D eigenvalue weighted by molar-refractivity contribution is 5.50. The molecule has 1 aromatic rings. The molecule has 0 aliphatic carbocycles. The first-order chi connectivity index (χ1) is 7.22. The first-order valence-corrected chi connectivity index (χ1v) is 5.70. The Labute approximate surface area is 93.2 Å². The van der Waals surface area contributed by atoms with E-state index in [-0.39, 0.29) is 0 Å². The van der Waals surface area contributed by atoms with E-state index < -0.39 is 0 Å². The fourth-order valence-electron chi connectivity index (χ4n) is 1.37. The minimum Gasteiger partial charge on any atom is -0.311 e. The minimum absolute atomic E-state index is 0.450. The molecule has 0 spiro atoms. The van der Waals surface area contributed by atoms with Crippen molar-refractivity contribution in [3.05, 3.63) is 41.5 Å². The Hall–Kier alpha value is -1.08. The molecule has 0 aliphatic rings. The number of rotatable bonds is 5. The van der Waals surface area contributed by atoms with Crippen molar-refractivity contribution in [2.24, 2.45) is 0 Å². The van der Waals surface area contributed by atoms with Crippen LogP contribution in [0.25, 0.3) is 6.08 Å². The van der Waals surface area contributed by atoms with Gasteiger partial charge in [-0.15, -0.1) is 0 Å². The largest absolute Gasteiger partial charge is 0.311 e. The van der Waals surface area contributed by atoms with Crippen LogP contribution in [0.2, 0.25) is 0 Å². The van der Waals surface area contributed by atoms with Crippen LogP contribution in [0.15, 0.2) is 30.3 Å². The van der Waals surface area contributed by atoms with Gasteiger partial charge in [-0.3, -0.25) is 0 Å². The van der Waals surface area contributed by atoms with Crippen molar-refractivity contribution >= 4 is 6.08 Å². The lowest BCUT2D eigenvalue weighted by molar-refractivity contribution is 0.625. The topological polar surface area (TPSA) is 12.0 Å². The molecule has 1 atom stereocenters. The van der Waals surface area contributed by atoms with E-state index in [0.29, 0.717) is 6.04 Å². The monoisotopic (exact) mass is 203 g/mol. The van der Waals surface area contributed by atoms with Crippen LogP contribution in [0.5, 0.6) is 0 Å². The SMILES string of the molecule is CCCNC(C)/C=C/c1ccc(C)cc1. The first kappa shape index (κ1) is 12.0. The molecule has 0 radical (unpaired) electrons. The molecule has 0 saturated heterocycles. The van der Waals surface area contributed by atoms with Gasteiger partial charge in [0, 0.05) is 6.04 Å². The number of benzene rings is 1. The van der Waals surface area contributed by atoms with Crippen molar-refractivity contribution in [2.45, 2.75) is 33.2 Å². The van der Waals surface area contributed by atoms with Crippen LogP contribution >= 0.6 is 0 Å². The van der Waals surface area contributed by atoms with Crippen molar-refractivity contribution in [1.29, 1.82) is 0 Å². The molecule has 0 bridgehead atoms. The van der Waals surface area contributed by atoms with E-state index in [0.717, 1.165) is 6.54 Å². The normalized spacial score (nSPS) is 13.3. The summed E-state index contributed by atoms with van der Waals surface area (Å²) in [6, 6.07) is 9.04. The highest BCUT2D eigenvalue weighted by Crippen LogP contribution is 2.05. The Balaban J connectivity index is 2.46. The summed E-state index contributed by atoms with van der Waals surface area (Å²) in [5.74, 6) is 0. The summed E-state index contributed by atoms with van der Waals surface area (Å²) in [5, 5.41) is 3.43. The maximum atomic E-state index is 3.43. The third-order valence-electron chi connectivity index (χ3n) is 2.37. The molecule has 1 unspecified atom stereocenters. The summed E-state index contributed by atoms with van der Waals surface area (Å²) < 4.78 is 0. The molecular weight excluding hydrogens is 182 g/mol. The minimum atomic E-state index is 0.450. The van der Waals surface area contributed by atoms with E-state index in [1.807, 2.05) is 0 Å². The van der Waals surface area contributed by atoms with E-state index >= 15 is 0 Å². The molecule has 0 amide bonds. The lowest BCUT2D eigenvalue weighted by Crippen LogP contribution is -2.24. The van der Waals surface area contributed by atoms with Crippen molar-refractivity contribution in [3.8, 4) is 0 Å². The second-order valence-corrected chi connectivity index (χ2v) is 4.01. The van der Waals surface area contributed by atoms with Gasteiger partial charge in [0.1, 0.15) is 0 Å². The number of hydrogen-bond donors (Lipinski definition) is 1. The molecule has 1 N–H and O–H groups in total. The molecular formula is C14H21N. The molecule has 82 valence electrons. The van der Waals surface area contributed by atoms with E-state index in [1.165, 1.54) is 17.5 Å². The van der Waals surface area contributed by atoms with Gasteiger partial charge in [-0.2, -0.15) is 0 Å². The summed E-state index contributed by atoms with van der Waals surface area (Å²) in [5.41, 5.74) is 2.58. The molecule has 1 rings (SSSR count). The Morgan fingerprint density at radius 2 is 1.93 bits per heavy atom. The van der Waals surface area contributed by atoms with Gasteiger partial charge in [0.05, 0.1) is 0 Å². The zero-order chi connectivity index (χ0) is 11.1. The van der Waals surface area contributed by atoms with E-state index in [4.69, 9.17) is 0 Å². The summed E-state index contributed by atoms with van der Waals surface area (Å²) in [6.45, 7) is 7.56. The summed E-state index contributed by atoms with van der Waals surface area (Å²) in [6.07, 6.45) is 5.57. The van der Waals surface area contributed by atoms with E-state index in [9.17, 15) is 0 Å². The smallest absolute Gasteiger partial charge is 0.0224 e. The van der Waals surface area contributed by atoms with Crippen LogP contribution in [0.4, 0.5) is 0 Å². The van der Waals surface area contributed by atoms with Gasteiger partial charge < -0.3 is 5.32 Å². The Morgan fingerprint density at radius 1 is 1.27 bits per heavy atom. The second kappa shape index (κ2) is 6.41.